The van der Waals surface area contributed by atoms with Crippen LogP contribution in [0, 0.1) is 0 Å². The molecule has 4 heteroatoms. The largest absolute Gasteiger partial charge is 0.344 e. The summed E-state index contributed by atoms with van der Waals surface area (Å²) >= 11 is 0. The molecule has 0 aliphatic heterocycles. The van der Waals surface area contributed by atoms with E-state index in [1.807, 2.05) is 7.05 Å². The van der Waals surface area contributed by atoms with E-state index in [2.05, 4.69) is 18.7 Å². The highest BCUT2D eigenvalue weighted by atomic mass is 16.2. The first-order valence-electron chi connectivity index (χ1n) is 5.78. The maximum atomic E-state index is 11.6. The molecule has 0 aromatic rings. The summed E-state index contributed by atoms with van der Waals surface area (Å²) in [6.45, 7) is 7.33. The standard InChI is InChI=1S/C12H24N2O2/c1-10(2)13(4)8-9-14(5)12(16)7-6-11(3)15/h10H,6-9H2,1-5H3. The quantitative estimate of drug-likeness (QED) is 0.656. The molecule has 1 amide bonds. The van der Waals surface area contributed by atoms with Gasteiger partial charge in [-0.15, -0.1) is 0 Å². The van der Waals surface area contributed by atoms with Crippen LogP contribution in [0.1, 0.15) is 33.6 Å². The highest BCUT2D eigenvalue weighted by Crippen LogP contribution is 1.98. The molecule has 0 radical (unpaired) electrons. The van der Waals surface area contributed by atoms with E-state index in [0.717, 1.165) is 6.54 Å². The maximum Gasteiger partial charge on any atom is 0.222 e. The van der Waals surface area contributed by atoms with Crippen LogP contribution in [-0.4, -0.2) is 54.7 Å². The lowest BCUT2D eigenvalue weighted by molar-refractivity contribution is -0.132. The fourth-order valence-corrected chi connectivity index (χ4v) is 1.16. The Balaban J connectivity index is 3.83. The summed E-state index contributed by atoms with van der Waals surface area (Å²) < 4.78 is 0. The van der Waals surface area contributed by atoms with Crippen LogP contribution in [0.15, 0.2) is 0 Å². The molecule has 0 spiro atoms. The number of likely N-dealkylation sites (N-methyl/N-ethyl adjacent to an activating group) is 2. The van der Waals surface area contributed by atoms with Crippen molar-refractivity contribution in [3.63, 3.8) is 0 Å². The molecule has 0 aromatic carbocycles. The van der Waals surface area contributed by atoms with E-state index in [1.54, 1.807) is 11.9 Å². The van der Waals surface area contributed by atoms with Crippen molar-refractivity contribution >= 4 is 11.7 Å². The summed E-state index contributed by atoms with van der Waals surface area (Å²) in [7, 11) is 3.83. The lowest BCUT2D eigenvalue weighted by Gasteiger charge is -2.24. The summed E-state index contributed by atoms with van der Waals surface area (Å²) in [5.74, 6) is 0.119. The zero-order chi connectivity index (χ0) is 12.7. The van der Waals surface area contributed by atoms with Gasteiger partial charge >= 0.3 is 0 Å². The fourth-order valence-electron chi connectivity index (χ4n) is 1.16. The number of amides is 1. The van der Waals surface area contributed by atoms with Crippen molar-refractivity contribution in [2.75, 3.05) is 27.2 Å². The molecular weight excluding hydrogens is 204 g/mol. The Hall–Kier alpha value is -0.900. The van der Waals surface area contributed by atoms with E-state index in [-0.39, 0.29) is 11.7 Å². The van der Waals surface area contributed by atoms with Crippen molar-refractivity contribution in [2.45, 2.75) is 39.7 Å². The smallest absolute Gasteiger partial charge is 0.222 e. The molecule has 0 fully saturated rings. The summed E-state index contributed by atoms with van der Waals surface area (Å²) in [5, 5.41) is 0. The van der Waals surface area contributed by atoms with Crippen LogP contribution in [0.5, 0.6) is 0 Å². The van der Waals surface area contributed by atoms with Crippen molar-refractivity contribution in [1.82, 2.24) is 9.80 Å². The van der Waals surface area contributed by atoms with Gasteiger partial charge in [-0.1, -0.05) is 0 Å². The van der Waals surface area contributed by atoms with E-state index in [9.17, 15) is 9.59 Å². The lowest BCUT2D eigenvalue weighted by Crippen LogP contribution is -2.37. The first-order valence-corrected chi connectivity index (χ1v) is 5.78. The van der Waals surface area contributed by atoms with Gasteiger partial charge in [0.15, 0.2) is 0 Å². The number of Topliss-reactive ketones (excluding diaryl/α,β-unsaturated/α-hetero) is 1. The van der Waals surface area contributed by atoms with Crippen LogP contribution < -0.4 is 0 Å². The average Bonchev–Trinajstić information content (AvgIpc) is 2.21. The summed E-state index contributed by atoms with van der Waals surface area (Å²) in [6.07, 6.45) is 0.681. The van der Waals surface area contributed by atoms with Crippen LogP contribution in [-0.2, 0) is 9.59 Å². The van der Waals surface area contributed by atoms with Gasteiger partial charge in [-0.2, -0.15) is 0 Å². The highest BCUT2D eigenvalue weighted by Gasteiger charge is 2.11. The van der Waals surface area contributed by atoms with Gasteiger partial charge in [0.25, 0.3) is 0 Å². The van der Waals surface area contributed by atoms with E-state index in [1.165, 1.54) is 6.92 Å². The zero-order valence-electron chi connectivity index (χ0n) is 11.1. The van der Waals surface area contributed by atoms with Crippen LogP contribution in [0.3, 0.4) is 0 Å². The predicted octanol–water partition coefficient (Wildman–Crippen LogP) is 1.15. The summed E-state index contributed by atoms with van der Waals surface area (Å²) in [5.41, 5.74) is 0. The molecule has 0 N–H and O–H groups in total. The number of carbonyl (C=O) groups is 2. The molecule has 16 heavy (non-hydrogen) atoms. The first kappa shape index (κ1) is 15.1. The second kappa shape index (κ2) is 7.39. The summed E-state index contributed by atoms with van der Waals surface area (Å²) in [4.78, 5) is 26.2. The molecule has 0 bridgehead atoms. The zero-order valence-corrected chi connectivity index (χ0v) is 11.1. The van der Waals surface area contributed by atoms with Crippen molar-refractivity contribution < 1.29 is 9.59 Å². The first-order chi connectivity index (χ1) is 7.34. The lowest BCUT2D eigenvalue weighted by atomic mass is 10.2. The van der Waals surface area contributed by atoms with Gasteiger partial charge in [0, 0.05) is 39.0 Å². The molecule has 0 rings (SSSR count). The number of ketones is 1. The second-order valence-electron chi connectivity index (χ2n) is 4.59. The number of hydrogen-bond acceptors (Lipinski definition) is 3. The topological polar surface area (TPSA) is 40.6 Å². The van der Waals surface area contributed by atoms with Crippen molar-refractivity contribution in [1.29, 1.82) is 0 Å². The maximum absolute atomic E-state index is 11.6. The Bertz CT molecular complexity index is 239. The van der Waals surface area contributed by atoms with Gasteiger partial charge in [0.1, 0.15) is 5.78 Å². The number of rotatable bonds is 7. The van der Waals surface area contributed by atoms with Crippen molar-refractivity contribution in [3.8, 4) is 0 Å². The Labute approximate surface area is 98.6 Å². The van der Waals surface area contributed by atoms with E-state index in [0.29, 0.717) is 25.4 Å². The van der Waals surface area contributed by atoms with Gasteiger partial charge in [-0.05, 0) is 27.8 Å². The fraction of sp³-hybridized carbons (Fsp3) is 0.833. The van der Waals surface area contributed by atoms with Crippen molar-refractivity contribution in [3.05, 3.63) is 0 Å². The number of hydrogen-bond donors (Lipinski definition) is 0. The van der Waals surface area contributed by atoms with E-state index >= 15 is 0 Å². The minimum atomic E-state index is 0.0485. The molecule has 0 aliphatic carbocycles. The van der Waals surface area contributed by atoms with Gasteiger partial charge in [-0.3, -0.25) is 4.79 Å². The minimum Gasteiger partial charge on any atom is -0.344 e. The molecule has 0 atom stereocenters. The Morgan fingerprint density at radius 1 is 1.06 bits per heavy atom. The normalized spacial score (nSPS) is 10.9. The molecule has 0 saturated heterocycles. The van der Waals surface area contributed by atoms with Crippen LogP contribution in [0.2, 0.25) is 0 Å². The predicted molar refractivity (Wildman–Crippen MR) is 65.3 cm³/mol. The van der Waals surface area contributed by atoms with Gasteiger partial charge in [0.2, 0.25) is 5.91 Å². The highest BCUT2D eigenvalue weighted by molar-refractivity contribution is 5.83. The molecule has 0 aromatic heterocycles. The van der Waals surface area contributed by atoms with E-state index in [4.69, 9.17) is 0 Å². The summed E-state index contributed by atoms with van der Waals surface area (Å²) in [6, 6.07) is 0.487. The monoisotopic (exact) mass is 228 g/mol. The molecule has 0 heterocycles. The third-order valence-electron chi connectivity index (χ3n) is 2.79. The molecule has 94 valence electrons. The SMILES string of the molecule is CC(=O)CCC(=O)N(C)CCN(C)C(C)C. The second-order valence-corrected chi connectivity index (χ2v) is 4.59. The third kappa shape index (κ3) is 6.56. The average molecular weight is 228 g/mol. The molecule has 0 saturated carbocycles. The van der Waals surface area contributed by atoms with Gasteiger partial charge in [-0.25, -0.2) is 0 Å². The number of nitrogens with zero attached hydrogens (tertiary/aromatic N) is 2. The van der Waals surface area contributed by atoms with Gasteiger partial charge < -0.3 is 14.6 Å². The Morgan fingerprint density at radius 2 is 1.62 bits per heavy atom. The van der Waals surface area contributed by atoms with E-state index < -0.39 is 0 Å². The Kier molecular flexibility index (Phi) is 6.97. The molecule has 4 nitrogen and oxygen atoms in total. The minimum absolute atomic E-state index is 0.0485. The van der Waals surface area contributed by atoms with Crippen LogP contribution in [0.25, 0.3) is 0 Å². The molecule has 0 unspecified atom stereocenters. The number of carbonyl (C=O) groups excluding carboxylic acids is 2. The third-order valence-corrected chi connectivity index (χ3v) is 2.79. The molecule has 0 aliphatic rings. The van der Waals surface area contributed by atoms with Crippen molar-refractivity contribution in [2.24, 2.45) is 0 Å². The molecular formula is C12H24N2O2. The Morgan fingerprint density at radius 3 is 2.06 bits per heavy atom. The van der Waals surface area contributed by atoms with Crippen LogP contribution in [0.4, 0.5) is 0 Å². The van der Waals surface area contributed by atoms with Gasteiger partial charge in [0.05, 0.1) is 0 Å². The van der Waals surface area contributed by atoms with Crippen LogP contribution >= 0.6 is 0 Å².